The van der Waals surface area contributed by atoms with E-state index in [0.717, 1.165) is 32.6 Å². The zero-order chi connectivity index (χ0) is 12.4. The lowest BCUT2D eigenvalue weighted by Crippen LogP contribution is -2.41. The minimum Gasteiger partial charge on any atom is -0.353 e. The Hall–Kier alpha value is -0.610. The first-order valence-electron chi connectivity index (χ1n) is 6.36. The molecule has 96 valence electrons. The molecular formula is C12H27N3O. The minimum atomic E-state index is 0.0916. The van der Waals surface area contributed by atoms with Gasteiger partial charge in [0.15, 0.2) is 0 Å². The van der Waals surface area contributed by atoms with Crippen LogP contribution < -0.4 is 10.6 Å². The Morgan fingerprint density at radius 1 is 1.25 bits per heavy atom. The fourth-order valence-corrected chi connectivity index (χ4v) is 1.41. The molecule has 0 bridgehead atoms. The van der Waals surface area contributed by atoms with Crippen LogP contribution in [0.4, 0.5) is 0 Å². The Kier molecular flexibility index (Phi) is 9.24. The van der Waals surface area contributed by atoms with Gasteiger partial charge in [-0.15, -0.1) is 0 Å². The SMILES string of the molecule is CCC(C)NC(=O)CNCCN(CC)CC. The van der Waals surface area contributed by atoms with E-state index in [1.54, 1.807) is 0 Å². The molecule has 1 amide bonds. The number of rotatable bonds is 9. The molecule has 4 heteroatoms. The normalized spacial score (nSPS) is 12.8. The van der Waals surface area contributed by atoms with Crippen molar-refractivity contribution in [2.45, 2.75) is 40.2 Å². The van der Waals surface area contributed by atoms with Crippen molar-refractivity contribution in [1.29, 1.82) is 0 Å². The van der Waals surface area contributed by atoms with Crippen LogP contribution in [0.1, 0.15) is 34.1 Å². The Bertz CT molecular complexity index is 181. The zero-order valence-corrected chi connectivity index (χ0v) is 11.2. The van der Waals surface area contributed by atoms with Crippen LogP contribution in [0.5, 0.6) is 0 Å². The van der Waals surface area contributed by atoms with Crippen molar-refractivity contribution in [3.05, 3.63) is 0 Å². The molecule has 0 radical (unpaired) electrons. The molecule has 0 aliphatic rings. The van der Waals surface area contributed by atoms with E-state index in [4.69, 9.17) is 0 Å². The number of nitrogens with zero attached hydrogens (tertiary/aromatic N) is 1. The smallest absolute Gasteiger partial charge is 0.234 e. The molecule has 0 saturated carbocycles. The summed E-state index contributed by atoms with van der Waals surface area (Å²) in [6.45, 7) is 12.8. The highest BCUT2D eigenvalue weighted by molar-refractivity contribution is 5.78. The van der Waals surface area contributed by atoms with Crippen molar-refractivity contribution >= 4 is 5.91 Å². The van der Waals surface area contributed by atoms with E-state index < -0.39 is 0 Å². The predicted molar refractivity (Wildman–Crippen MR) is 68.6 cm³/mol. The third kappa shape index (κ3) is 7.65. The summed E-state index contributed by atoms with van der Waals surface area (Å²) in [4.78, 5) is 13.7. The summed E-state index contributed by atoms with van der Waals surface area (Å²) in [5, 5.41) is 6.09. The summed E-state index contributed by atoms with van der Waals surface area (Å²) in [6, 6.07) is 0.275. The Morgan fingerprint density at radius 2 is 1.88 bits per heavy atom. The molecule has 0 fully saturated rings. The molecule has 0 saturated heterocycles. The summed E-state index contributed by atoms with van der Waals surface area (Å²) in [5.41, 5.74) is 0. The van der Waals surface area contributed by atoms with Gasteiger partial charge in [-0.1, -0.05) is 20.8 Å². The lowest BCUT2D eigenvalue weighted by molar-refractivity contribution is -0.120. The predicted octanol–water partition coefficient (Wildman–Crippen LogP) is 0.833. The number of amides is 1. The van der Waals surface area contributed by atoms with Crippen molar-refractivity contribution in [3.8, 4) is 0 Å². The maximum atomic E-state index is 11.4. The lowest BCUT2D eigenvalue weighted by Gasteiger charge is -2.18. The second-order valence-corrected chi connectivity index (χ2v) is 4.08. The topological polar surface area (TPSA) is 44.4 Å². The van der Waals surface area contributed by atoms with Gasteiger partial charge in [-0.2, -0.15) is 0 Å². The summed E-state index contributed by atoms with van der Waals surface area (Å²) in [5.74, 6) is 0.0916. The quantitative estimate of drug-likeness (QED) is 0.576. The van der Waals surface area contributed by atoms with Gasteiger partial charge in [0.1, 0.15) is 0 Å². The van der Waals surface area contributed by atoms with E-state index >= 15 is 0 Å². The van der Waals surface area contributed by atoms with E-state index in [-0.39, 0.29) is 11.9 Å². The Balaban J connectivity index is 3.47. The van der Waals surface area contributed by atoms with Gasteiger partial charge in [-0.3, -0.25) is 4.79 Å². The average Bonchev–Trinajstić information content (AvgIpc) is 2.29. The fraction of sp³-hybridized carbons (Fsp3) is 0.917. The number of hydrogen-bond donors (Lipinski definition) is 2. The minimum absolute atomic E-state index is 0.0916. The maximum Gasteiger partial charge on any atom is 0.234 e. The van der Waals surface area contributed by atoms with E-state index in [1.807, 2.05) is 6.92 Å². The summed E-state index contributed by atoms with van der Waals surface area (Å²) >= 11 is 0. The molecule has 16 heavy (non-hydrogen) atoms. The first-order chi connectivity index (χ1) is 7.63. The van der Waals surface area contributed by atoms with Crippen LogP contribution >= 0.6 is 0 Å². The molecule has 4 nitrogen and oxygen atoms in total. The fourth-order valence-electron chi connectivity index (χ4n) is 1.41. The lowest BCUT2D eigenvalue weighted by atomic mass is 10.2. The Labute approximate surface area is 99.8 Å². The van der Waals surface area contributed by atoms with Crippen LogP contribution in [0.3, 0.4) is 0 Å². The van der Waals surface area contributed by atoms with Gasteiger partial charge in [0.25, 0.3) is 0 Å². The van der Waals surface area contributed by atoms with E-state index in [0.29, 0.717) is 6.54 Å². The molecule has 0 aromatic heterocycles. The van der Waals surface area contributed by atoms with Crippen LogP contribution in [0.15, 0.2) is 0 Å². The summed E-state index contributed by atoms with van der Waals surface area (Å²) < 4.78 is 0. The van der Waals surface area contributed by atoms with E-state index in [2.05, 4.69) is 36.3 Å². The first-order valence-corrected chi connectivity index (χ1v) is 6.36. The van der Waals surface area contributed by atoms with Crippen LogP contribution in [0, 0.1) is 0 Å². The van der Waals surface area contributed by atoms with Crippen LogP contribution in [0.2, 0.25) is 0 Å². The van der Waals surface area contributed by atoms with E-state index in [9.17, 15) is 4.79 Å². The summed E-state index contributed by atoms with van der Waals surface area (Å²) in [7, 11) is 0. The number of carbonyl (C=O) groups is 1. The van der Waals surface area contributed by atoms with Gasteiger partial charge < -0.3 is 15.5 Å². The van der Waals surface area contributed by atoms with Gasteiger partial charge in [-0.05, 0) is 26.4 Å². The Morgan fingerprint density at radius 3 is 2.38 bits per heavy atom. The number of carbonyl (C=O) groups excluding carboxylic acids is 1. The van der Waals surface area contributed by atoms with Crippen LogP contribution in [-0.4, -0.2) is 49.6 Å². The highest BCUT2D eigenvalue weighted by atomic mass is 16.1. The summed E-state index contributed by atoms with van der Waals surface area (Å²) in [6.07, 6.45) is 0.977. The molecule has 0 aliphatic carbocycles. The van der Waals surface area contributed by atoms with Crippen molar-refractivity contribution in [2.75, 3.05) is 32.7 Å². The van der Waals surface area contributed by atoms with Crippen molar-refractivity contribution < 1.29 is 4.79 Å². The number of likely N-dealkylation sites (N-methyl/N-ethyl adjacent to an activating group) is 1. The van der Waals surface area contributed by atoms with Crippen molar-refractivity contribution in [1.82, 2.24) is 15.5 Å². The first kappa shape index (κ1) is 15.4. The molecule has 1 atom stereocenters. The second kappa shape index (κ2) is 9.60. The molecule has 0 spiro atoms. The molecule has 0 aromatic rings. The monoisotopic (exact) mass is 229 g/mol. The molecule has 0 rings (SSSR count). The van der Waals surface area contributed by atoms with Gasteiger partial charge >= 0.3 is 0 Å². The average molecular weight is 229 g/mol. The highest BCUT2D eigenvalue weighted by Gasteiger charge is 2.04. The standard InChI is InChI=1S/C12H27N3O/c1-5-11(4)14-12(16)10-13-8-9-15(6-2)7-3/h11,13H,5-10H2,1-4H3,(H,14,16). The third-order valence-corrected chi connectivity index (χ3v) is 2.80. The molecule has 0 aromatic carbocycles. The second-order valence-electron chi connectivity index (χ2n) is 4.08. The molecule has 1 unspecified atom stereocenters. The van der Waals surface area contributed by atoms with Crippen LogP contribution in [0.25, 0.3) is 0 Å². The van der Waals surface area contributed by atoms with Gasteiger partial charge in [0.05, 0.1) is 6.54 Å². The zero-order valence-electron chi connectivity index (χ0n) is 11.2. The molecule has 0 aliphatic heterocycles. The number of hydrogen-bond acceptors (Lipinski definition) is 3. The molecule has 0 heterocycles. The van der Waals surface area contributed by atoms with Crippen LogP contribution in [-0.2, 0) is 4.79 Å². The molecular weight excluding hydrogens is 202 g/mol. The van der Waals surface area contributed by atoms with Gasteiger partial charge in [0.2, 0.25) is 5.91 Å². The van der Waals surface area contributed by atoms with Crippen molar-refractivity contribution in [2.24, 2.45) is 0 Å². The van der Waals surface area contributed by atoms with E-state index in [1.165, 1.54) is 0 Å². The number of nitrogens with one attached hydrogen (secondary N) is 2. The largest absolute Gasteiger partial charge is 0.353 e. The van der Waals surface area contributed by atoms with Crippen molar-refractivity contribution in [3.63, 3.8) is 0 Å². The third-order valence-electron chi connectivity index (χ3n) is 2.80. The van der Waals surface area contributed by atoms with Gasteiger partial charge in [0, 0.05) is 19.1 Å². The highest BCUT2D eigenvalue weighted by Crippen LogP contribution is 1.87. The maximum absolute atomic E-state index is 11.4. The molecule has 2 N–H and O–H groups in total. The van der Waals surface area contributed by atoms with Gasteiger partial charge in [-0.25, -0.2) is 0 Å².